The normalized spacial score (nSPS) is 18.2. The van der Waals surface area contributed by atoms with Crippen molar-refractivity contribution in [2.24, 2.45) is 4.99 Å². The lowest BCUT2D eigenvalue weighted by atomic mass is 10.1. The SMILES string of the molecule is CCNC(=NCc1ccc(F)c(CN(C)C)c1)NCC1CCCS1. The fourth-order valence-electron chi connectivity index (χ4n) is 2.72. The summed E-state index contributed by atoms with van der Waals surface area (Å²) in [5, 5.41) is 7.40. The summed E-state index contributed by atoms with van der Waals surface area (Å²) in [6, 6.07) is 5.27. The Hall–Kier alpha value is -1.27. The van der Waals surface area contributed by atoms with Crippen LogP contribution in [-0.4, -0.2) is 49.0 Å². The largest absolute Gasteiger partial charge is 0.357 e. The Balaban J connectivity index is 1.96. The van der Waals surface area contributed by atoms with Gasteiger partial charge in [-0.2, -0.15) is 11.8 Å². The lowest BCUT2D eigenvalue weighted by Crippen LogP contribution is -2.40. The van der Waals surface area contributed by atoms with Gasteiger partial charge in [-0.3, -0.25) is 0 Å². The van der Waals surface area contributed by atoms with E-state index in [0.29, 0.717) is 23.9 Å². The molecule has 2 N–H and O–H groups in total. The minimum Gasteiger partial charge on any atom is -0.357 e. The minimum absolute atomic E-state index is 0.153. The number of aliphatic imine (C=N–C) groups is 1. The number of nitrogens with one attached hydrogen (secondary N) is 2. The zero-order valence-corrected chi connectivity index (χ0v) is 15.8. The van der Waals surface area contributed by atoms with Gasteiger partial charge in [-0.1, -0.05) is 6.07 Å². The topological polar surface area (TPSA) is 39.7 Å². The van der Waals surface area contributed by atoms with Crippen molar-refractivity contribution in [2.45, 2.75) is 38.1 Å². The summed E-state index contributed by atoms with van der Waals surface area (Å²) >= 11 is 2.03. The highest BCUT2D eigenvalue weighted by Crippen LogP contribution is 2.25. The van der Waals surface area contributed by atoms with E-state index >= 15 is 0 Å². The molecule has 6 heteroatoms. The maximum atomic E-state index is 13.9. The molecule has 2 rings (SSSR count). The smallest absolute Gasteiger partial charge is 0.191 e. The molecule has 0 amide bonds. The summed E-state index contributed by atoms with van der Waals surface area (Å²) in [6.45, 7) is 4.99. The van der Waals surface area contributed by atoms with Gasteiger partial charge in [-0.05, 0) is 57.3 Å². The molecule has 1 aliphatic rings. The molecule has 0 aromatic heterocycles. The number of halogens is 1. The lowest BCUT2D eigenvalue weighted by molar-refractivity contribution is 0.392. The molecular weight excluding hydrogens is 323 g/mol. The van der Waals surface area contributed by atoms with E-state index in [2.05, 4.69) is 22.5 Å². The second-order valence-electron chi connectivity index (χ2n) is 6.37. The van der Waals surface area contributed by atoms with Gasteiger partial charge < -0.3 is 15.5 Å². The minimum atomic E-state index is -0.153. The summed E-state index contributed by atoms with van der Waals surface area (Å²) < 4.78 is 13.9. The number of guanidine groups is 1. The molecule has 0 bridgehead atoms. The highest BCUT2D eigenvalue weighted by atomic mass is 32.2. The molecule has 1 unspecified atom stereocenters. The predicted molar refractivity (Wildman–Crippen MR) is 102 cm³/mol. The molecule has 1 aromatic carbocycles. The maximum Gasteiger partial charge on any atom is 0.191 e. The number of rotatable bonds is 7. The van der Waals surface area contributed by atoms with Gasteiger partial charge in [0.15, 0.2) is 5.96 Å². The third-order valence-corrected chi connectivity index (χ3v) is 5.28. The van der Waals surface area contributed by atoms with Crippen molar-refractivity contribution in [2.75, 3.05) is 32.9 Å². The zero-order chi connectivity index (χ0) is 17.4. The second kappa shape index (κ2) is 9.89. The highest BCUT2D eigenvalue weighted by molar-refractivity contribution is 8.00. The van der Waals surface area contributed by atoms with Crippen molar-refractivity contribution in [3.05, 3.63) is 35.1 Å². The van der Waals surface area contributed by atoms with Crippen LogP contribution in [0.4, 0.5) is 4.39 Å². The fraction of sp³-hybridized carbons (Fsp3) is 0.611. The summed E-state index contributed by atoms with van der Waals surface area (Å²) in [5.41, 5.74) is 1.74. The Bertz CT molecular complexity index is 542. The molecule has 1 aliphatic heterocycles. The van der Waals surface area contributed by atoms with E-state index in [0.717, 1.165) is 24.6 Å². The van der Waals surface area contributed by atoms with Crippen LogP contribution in [0.1, 0.15) is 30.9 Å². The van der Waals surface area contributed by atoms with Crippen LogP contribution in [0.15, 0.2) is 23.2 Å². The Kier molecular flexibility index (Phi) is 7.85. The van der Waals surface area contributed by atoms with Crippen molar-refractivity contribution >= 4 is 17.7 Å². The lowest BCUT2D eigenvalue weighted by Gasteiger charge is -2.15. The van der Waals surface area contributed by atoms with Crippen molar-refractivity contribution in [1.29, 1.82) is 0 Å². The van der Waals surface area contributed by atoms with Crippen molar-refractivity contribution in [3.8, 4) is 0 Å². The monoisotopic (exact) mass is 352 g/mol. The summed E-state index contributed by atoms with van der Waals surface area (Å²) in [7, 11) is 3.89. The van der Waals surface area contributed by atoms with Gasteiger partial charge in [0.1, 0.15) is 5.82 Å². The van der Waals surface area contributed by atoms with Gasteiger partial charge in [0.25, 0.3) is 0 Å². The average Bonchev–Trinajstić information content (AvgIpc) is 3.06. The molecule has 1 fully saturated rings. The molecule has 0 saturated carbocycles. The molecule has 1 heterocycles. The first-order valence-corrected chi connectivity index (χ1v) is 9.69. The van der Waals surface area contributed by atoms with Crippen LogP contribution in [-0.2, 0) is 13.1 Å². The first kappa shape index (κ1) is 19.1. The first-order valence-electron chi connectivity index (χ1n) is 8.64. The van der Waals surface area contributed by atoms with Gasteiger partial charge in [0.2, 0.25) is 0 Å². The first-order chi connectivity index (χ1) is 11.6. The molecule has 1 saturated heterocycles. The fourth-order valence-corrected chi connectivity index (χ4v) is 3.92. The quantitative estimate of drug-likeness (QED) is 0.585. The van der Waals surface area contributed by atoms with E-state index in [-0.39, 0.29) is 5.82 Å². The second-order valence-corrected chi connectivity index (χ2v) is 7.78. The third kappa shape index (κ3) is 6.32. The van der Waals surface area contributed by atoms with E-state index < -0.39 is 0 Å². The van der Waals surface area contributed by atoms with Crippen LogP contribution in [0.2, 0.25) is 0 Å². The number of nitrogens with zero attached hydrogens (tertiary/aromatic N) is 2. The van der Waals surface area contributed by atoms with Crippen molar-refractivity contribution in [1.82, 2.24) is 15.5 Å². The molecule has 4 nitrogen and oxygen atoms in total. The van der Waals surface area contributed by atoms with Gasteiger partial charge in [-0.25, -0.2) is 9.38 Å². The highest BCUT2D eigenvalue weighted by Gasteiger charge is 2.15. The van der Waals surface area contributed by atoms with Crippen LogP contribution in [0.5, 0.6) is 0 Å². The number of benzene rings is 1. The Labute approximate surface area is 149 Å². The van der Waals surface area contributed by atoms with Crippen LogP contribution >= 0.6 is 11.8 Å². The van der Waals surface area contributed by atoms with Crippen molar-refractivity contribution in [3.63, 3.8) is 0 Å². The standard InChI is InChI=1S/C18H29FN4S/c1-4-20-18(22-12-16-6-5-9-24-16)21-11-14-7-8-17(19)15(10-14)13-23(2)3/h7-8,10,16H,4-6,9,11-13H2,1-3H3,(H2,20,21,22). The van der Waals surface area contributed by atoms with Gasteiger partial charge in [0.05, 0.1) is 6.54 Å². The molecule has 1 atom stereocenters. The van der Waals surface area contributed by atoms with E-state index in [9.17, 15) is 4.39 Å². The van der Waals surface area contributed by atoms with E-state index in [4.69, 9.17) is 0 Å². The Morgan fingerprint density at radius 1 is 1.38 bits per heavy atom. The van der Waals surface area contributed by atoms with Crippen LogP contribution in [0.3, 0.4) is 0 Å². The number of thioether (sulfide) groups is 1. The maximum absolute atomic E-state index is 13.9. The van der Waals surface area contributed by atoms with Crippen LogP contribution in [0.25, 0.3) is 0 Å². The zero-order valence-electron chi connectivity index (χ0n) is 14.9. The van der Waals surface area contributed by atoms with Gasteiger partial charge >= 0.3 is 0 Å². The molecule has 0 radical (unpaired) electrons. The van der Waals surface area contributed by atoms with Crippen molar-refractivity contribution < 1.29 is 4.39 Å². The van der Waals surface area contributed by atoms with E-state index in [1.807, 2.05) is 42.9 Å². The van der Waals surface area contributed by atoms with Gasteiger partial charge in [-0.15, -0.1) is 0 Å². The van der Waals surface area contributed by atoms with E-state index in [1.165, 1.54) is 18.6 Å². The number of hydrogen-bond acceptors (Lipinski definition) is 3. The van der Waals surface area contributed by atoms with Gasteiger partial charge in [0, 0.05) is 30.4 Å². The molecule has 134 valence electrons. The molecule has 0 spiro atoms. The molecule has 0 aliphatic carbocycles. The van der Waals surface area contributed by atoms with E-state index in [1.54, 1.807) is 6.07 Å². The third-order valence-electron chi connectivity index (χ3n) is 3.88. The molecule has 24 heavy (non-hydrogen) atoms. The Morgan fingerprint density at radius 3 is 2.88 bits per heavy atom. The molecule has 1 aromatic rings. The molecular formula is C18H29FN4S. The predicted octanol–water partition coefficient (Wildman–Crippen LogP) is 2.84. The number of hydrogen-bond donors (Lipinski definition) is 2. The average molecular weight is 353 g/mol. The Morgan fingerprint density at radius 2 is 2.21 bits per heavy atom. The van der Waals surface area contributed by atoms with Crippen LogP contribution in [0, 0.1) is 5.82 Å². The summed E-state index contributed by atoms with van der Waals surface area (Å²) in [6.07, 6.45) is 2.60. The summed E-state index contributed by atoms with van der Waals surface area (Å²) in [5.74, 6) is 1.95. The van der Waals surface area contributed by atoms with Crippen LogP contribution < -0.4 is 10.6 Å². The summed E-state index contributed by atoms with van der Waals surface area (Å²) in [4.78, 5) is 6.61.